The van der Waals surface area contributed by atoms with Gasteiger partial charge in [-0.3, -0.25) is 0 Å². The number of phenolic OH excluding ortho intramolecular Hbond substituents is 3. The summed E-state index contributed by atoms with van der Waals surface area (Å²) in [5.41, 5.74) is 9.61. The first-order valence-corrected chi connectivity index (χ1v) is 14.3. The van der Waals surface area contributed by atoms with Gasteiger partial charge in [-0.1, -0.05) is 80.5 Å². The maximum absolute atomic E-state index is 10.9. The molecule has 0 radical (unpaired) electrons. The third kappa shape index (κ3) is 6.40. The van der Waals surface area contributed by atoms with Crippen molar-refractivity contribution in [2.24, 2.45) is 0 Å². The zero-order valence-electron chi connectivity index (χ0n) is 27.0. The molecule has 3 aromatic rings. The lowest BCUT2D eigenvalue weighted by Gasteiger charge is -2.28. The summed E-state index contributed by atoms with van der Waals surface area (Å²) in [7, 11) is 0. The summed E-state index contributed by atoms with van der Waals surface area (Å²) >= 11 is 0. The Morgan fingerprint density at radius 1 is 0.550 bits per heavy atom. The number of phenols is 3. The van der Waals surface area contributed by atoms with E-state index in [9.17, 15) is 15.3 Å². The van der Waals surface area contributed by atoms with Gasteiger partial charge in [0.25, 0.3) is 0 Å². The summed E-state index contributed by atoms with van der Waals surface area (Å²) in [6.45, 7) is 27.4. The number of allylic oxidation sites excluding steroid dienone is 2. The van der Waals surface area contributed by atoms with E-state index in [1.165, 1.54) is 0 Å². The second kappa shape index (κ2) is 10.7. The van der Waals surface area contributed by atoms with Gasteiger partial charge in [0.2, 0.25) is 0 Å². The van der Waals surface area contributed by atoms with Crippen molar-refractivity contribution in [1.82, 2.24) is 0 Å². The molecule has 40 heavy (non-hydrogen) atoms. The van der Waals surface area contributed by atoms with Crippen LogP contribution in [-0.4, -0.2) is 15.3 Å². The summed E-state index contributed by atoms with van der Waals surface area (Å²) in [5.74, 6) is 0.839. The predicted octanol–water partition coefficient (Wildman–Crippen LogP) is 9.86. The summed E-state index contributed by atoms with van der Waals surface area (Å²) < 4.78 is 0. The first kappa shape index (κ1) is 31.3. The Balaban J connectivity index is 2.41. The molecular formula is C37H50O3. The maximum atomic E-state index is 10.9. The molecule has 3 rings (SSSR count). The van der Waals surface area contributed by atoms with Crippen LogP contribution in [0.25, 0.3) is 5.57 Å². The number of benzene rings is 3. The van der Waals surface area contributed by atoms with E-state index in [0.717, 1.165) is 55.6 Å². The lowest BCUT2D eigenvalue weighted by Crippen LogP contribution is -2.15. The highest BCUT2D eigenvalue weighted by Gasteiger charge is 2.27. The molecule has 0 aliphatic carbocycles. The van der Waals surface area contributed by atoms with Crippen LogP contribution in [0.3, 0.4) is 0 Å². The third-order valence-electron chi connectivity index (χ3n) is 8.05. The van der Waals surface area contributed by atoms with Crippen LogP contribution >= 0.6 is 0 Å². The van der Waals surface area contributed by atoms with Crippen LogP contribution in [0.15, 0.2) is 42.5 Å². The Labute approximate surface area is 242 Å². The van der Waals surface area contributed by atoms with Gasteiger partial charge < -0.3 is 15.3 Å². The lowest BCUT2D eigenvalue weighted by atomic mass is 9.77. The van der Waals surface area contributed by atoms with Crippen molar-refractivity contribution in [2.75, 3.05) is 0 Å². The summed E-state index contributed by atoms with van der Waals surface area (Å²) in [5, 5.41) is 32.5. The van der Waals surface area contributed by atoms with Crippen molar-refractivity contribution >= 4 is 5.57 Å². The number of aromatic hydroxyl groups is 3. The van der Waals surface area contributed by atoms with Crippen LogP contribution in [0.4, 0.5) is 0 Å². The van der Waals surface area contributed by atoms with Gasteiger partial charge in [0, 0.05) is 5.92 Å². The van der Waals surface area contributed by atoms with Crippen molar-refractivity contribution in [2.45, 2.75) is 112 Å². The molecule has 0 unspecified atom stereocenters. The van der Waals surface area contributed by atoms with Crippen molar-refractivity contribution in [3.05, 3.63) is 92.5 Å². The quantitative estimate of drug-likeness (QED) is 0.307. The lowest BCUT2D eigenvalue weighted by molar-refractivity contribution is 0.445. The molecule has 0 saturated heterocycles. The zero-order chi connectivity index (χ0) is 30.5. The number of rotatable bonds is 4. The van der Waals surface area contributed by atoms with E-state index < -0.39 is 0 Å². The molecule has 0 atom stereocenters. The first-order chi connectivity index (χ1) is 18.1. The van der Waals surface area contributed by atoms with Gasteiger partial charge in [0.1, 0.15) is 17.2 Å². The summed E-state index contributed by atoms with van der Waals surface area (Å²) in [6, 6.07) is 12.1. The zero-order valence-corrected chi connectivity index (χ0v) is 27.0. The van der Waals surface area contributed by atoms with Crippen molar-refractivity contribution in [3.8, 4) is 17.2 Å². The highest BCUT2D eigenvalue weighted by Crippen LogP contribution is 2.43. The molecule has 3 nitrogen and oxygen atoms in total. The van der Waals surface area contributed by atoms with Gasteiger partial charge in [0.15, 0.2) is 0 Å². The molecule has 0 aromatic heterocycles. The largest absolute Gasteiger partial charge is 0.508 e. The van der Waals surface area contributed by atoms with E-state index in [4.69, 9.17) is 0 Å². The Hall–Kier alpha value is -3.20. The van der Waals surface area contributed by atoms with Crippen LogP contribution in [0.5, 0.6) is 17.2 Å². The average Bonchev–Trinajstić information content (AvgIpc) is 2.75. The van der Waals surface area contributed by atoms with Gasteiger partial charge in [0.05, 0.1) is 0 Å². The second-order valence-corrected chi connectivity index (χ2v) is 14.7. The third-order valence-corrected chi connectivity index (χ3v) is 8.05. The highest BCUT2D eigenvalue weighted by molar-refractivity contribution is 5.71. The first-order valence-electron chi connectivity index (χ1n) is 14.3. The minimum Gasteiger partial charge on any atom is -0.508 e. The molecular weight excluding hydrogens is 492 g/mol. The molecule has 0 saturated carbocycles. The monoisotopic (exact) mass is 542 g/mol. The van der Waals surface area contributed by atoms with Gasteiger partial charge in [-0.15, -0.1) is 0 Å². The van der Waals surface area contributed by atoms with E-state index in [2.05, 4.69) is 107 Å². The molecule has 0 heterocycles. The van der Waals surface area contributed by atoms with Crippen LogP contribution in [0.1, 0.15) is 125 Å². The molecule has 0 aliphatic rings. The van der Waals surface area contributed by atoms with E-state index in [-0.39, 0.29) is 22.2 Å². The van der Waals surface area contributed by atoms with Crippen molar-refractivity contribution in [1.29, 1.82) is 0 Å². The van der Waals surface area contributed by atoms with E-state index >= 15 is 0 Å². The maximum Gasteiger partial charge on any atom is 0.119 e. The van der Waals surface area contributed by atoms with Crippen LogP contribution < -0.4 is 0 Å². The minimum atomic E-state index is -0.231. The molecule has 3 N–H and O–H groups in total. The van der Waals surface area contributed by atoms with Crippen LogP contribution in [0, 0.1) is 20.8 Å². The molecule has 216 valence electrons. The van der Waals surface area contributed by atoms with Crippen LogP contribution in [0.2, 0.25) is 0 Å². The van der Waals surface area contributed by atoms with E-state index in [1.54, 1.807) is 0 Å². The Bertz CT molecular complexity index is 1380. The van der Waals surface area contributed by atoms with Gasteiger partial charge >= 0.3 is 0 Å². The second-order valence-electron chi connectivity index (χ2n) is 14.7. The molecule has 0 spiro atoms. The number of aryl methyl sites for hydroxylation is 3. The van der Waals surface area contributed by atoms with E-state index in [0.29, 0.717) is 17.2 Å². The fourth-order valence-electron chi connectivity index (χ4n) is 5.70. The molecule has 0 amide bonds. The smallest absolute Gasteiger partial charge is 0.119 e. The van der Waals surface area contributed by atoms with Crippen LogP contribution in [-0.2, 0) is 16.2 Å². The standard InChI is InChI=1S/C37H50O3/c1-21(25-18-29(35(5,6)7)32(38)15-22(25)2)14-28(26-19-30(36(8,9)10)33(39)16-23(26)3)27-20-31(37(11,12)13)34(40)17-24(27)4/h14-20,28,38-40H,1-13H3. The fourth-order valence-corrected chi connectivity index (χ4v) is 5.70. The topological polar surface area (TPSA) is 60.7 Å². The molecule has 0 aliphatic heterocycles. The van der Waals surface area contributed by atoms with Gasteiger partial charge in [-0.2, -0.15) is 0 Å². The van der Waals surface area contributed by atoms with Gasteiger partial charge in [-0.25, -0.2) is 0 Å². The van der Waals surface area contributed by atoms with Crippen molar-refractivity contribution < 1.29 is 15.3 Å². The molecule has 0 fully saturated rings. The summed E-state index contributed by atoms with van der Waals surface area (Å²) in [6.07, 6.45) is 2.31. The SMILES string of the molecule is CC(=CC(c1cc(C(C)(C)C)c(O)cc1C)c1cc(C(C)(C)C)c(O)cc1C)c1cc(C(C)(C)C)c(O)cc1C. The molecule has 3 heteroatoms. The van der Waals surface area contributed by atoms with E-state index in [1.807, 2.05) is 25.1 Å². The normalized spacial score (nSPS) is 13.3. The Kier molecular flexibility index (Phi) is 8.34. The predicted molar refractivity (Wildman–Crippen MR) is 170 cm³/mol. The summed E-state index contributed by atoms with van der Waals surface area (Å²) in [4.78, 5) is 0. The highest BCUT2D eigenvalue weighted by atomic mass is 16.3. The van der Waals surface area contributed by atoms with Crippen molar-refractivity contribution in [3.63, 3.8) is 0 Å². The molecule has 0 bridgehead atoms. The average molecular weight is 543 g/mol. The Morgan fingerprint density at radius 2 is 0.875 bits per heavy atom. The minimum absolute atomic E-state index is 0.116. The van der Waals surface area contributed by atoms with Gasteiger partial charge in [-0.05, 0) is 124 Å². The Morgan fingerprint density at radius 3 is 1.23 bits per heavy atom. The number of hydrogen-bond acceptors (Lipinski definition) is 3. The number of hydrogen-bond donors (Lipinski definition) is 3. The molecule has 3 aromatic carbocycles. The fraction of sp³-hybridized carbons (Fsp3) is 0.459.